The van der Waals surface area contributed by atoms with Gasteiger partial charge in [-0.3, -0.25) is 0 Å². The summed E-state index contributed by atoms with van der Waals surface area (Å²) in [6.07, 6.45) is 6.76. The van der Waals surface area contributed by atoms with Crippen molar-refractivity contribution in [2.75, 3.05) is 24.7 Å². The van der Waals surface area contributed by atoms with Gasteiger partial charge >= 0.3 is 0 Å². The highest BCUT2D eigenvalue weighted by molar-refractivity contribution is 7.99. The van der Waals surface area contributed by atoms with E-state index in [9.17, 15) is 0 Å². The van der Waals surface area contributed by atoms with E-state index < -0.39 is 0 Å². The van der Waals surface area contributed by atoms with E-state index in [2.05, 4.69) is 24.4 Å². The Morgan fingerprint density at radius 3 is 2.50 bits per heavy atom. The first-order valence-corrected chi connectivity index (χ1v) is 7.33. The monoisotopic (exact) mass is 232 g/mol. The minimum absolute atomic E-state index is 0.603. The Hall–Kier alpha value is 0.660. The third kappa shape index (κ3) is 2.61. The maximum atomic E-state index is 5.37. The molecule has 0 radical (unpaired) electrons. The van der Waals surface area contributed by atoms with Crippen LogP contribution in [0, 0.1) is 5.41 Å². The van der Waals surface area contributed by atoms with Gasteiger partial charge in [0.05, 0.1) is 0 Å². The molecule has 0 aromatic carbocycles. The summed E-state index contributed by atoms with van der Waals surface area (Å²) in [5.74, 6) is 2.42. The topological polar surface area (TPSA) is 9.23 Å². The van der Waals surface area contributed by atoms with Crippen LogP contribution in [0.3, 0.4) is 0 Å². The molecule has 2 fully saturated rings. The average Bonchev–Trinajstić information content (AvgIpc) is 2.19. The Labute approximate surface area is 96.8 Å². The number of hydrogen-bond acceptors (Lipinski definition) is 3. The van der Waals surface area contributed by atoms with Crippen LogP contribution in [0.15, 0.2) is 0 Å². The first kappa shape index (κ1) is 11.2. The second-order valence-electron chi connectivity index (χ2n) is 4.63. The summed E-state index contributed by atoms with van der Waals surface area (Å²) in [5, 5.41) is 0.862. The average molecular weight is 232 g/mol. The van der Waals surface area contributed by atoms with Crippen molar-refractivity contribution in [1.29, 1.82) is 0 Å². The van der Waals surface area contributed by atoms with Gasteiger partial charge in [0.2, 0.25) is 0 Å². The SMILES string of the molecule is SCC1(CSC2CCOCC2)CCC1. The first-order chi connectivity index (χ1) is 6.85. The highest BCUT2D eigenvalue weighted by atomic mass is 32.2. The third-order valence-corrected chi connectivity index (χ3v) is 5.94. The van der Waals surface area contributed by atoms with Crippen molar-refractivity contribution in [2.24, 2.45) is 5.41 Å². The fraction of sp³-hybridized carbons (Fsp3) is 1.00. The van der Waals surface area contributed by atoms with Gasteiger partial charge in [-0.25, -0.2) is 0 Å². The standard InChI is InChI=1S/C11H20OS2/c13-8-11(4-1-5-11)9-14-10-2-6-12-7-3-10/h10,13H,1-9H2. The van der Waals surface area contributed by atoms with Crippen LogP contribution in [-0.4, -0.2) is 30.0 Å². The van der Waals surface area contributed by atoms with Crippen molar-refractivity contribution in [3.05, 3.63) is 0 Å². The molecule has 0 aromatic heterocycles. The maximum absolute atomic E-state index is 5.37. The lowest BCUT2D eigenvalue weighted by Crippen LogP contribution is -2.35. The number of ether oxygens (including phenoxy) is 1. The van der Waals surface area contributed by atoms with Gasteiger partial charge in [0.25, 0.3) is 0 Å². The second-order valence-corrected chi connectivity index (χ2v) is 6.24. The molecule has 1 saturated carbocycles. The summed E-state index contributed by atoms with van der Waals surface area (Å²) >= 11 is 6.67. The molecule has 0 amide bonds. The van der Waals surface area contributed by atoms with Crippen LogP contribution in [0.5, 0.6) is 0 Å². The molecule has 0 N–H and O–H groups in total. The van der Waals surface area contributed by atoms with Gasteiger partial charge in [-0.05, 0) is 42.6 Å². The van der Waals surface area contributed by atoms with Gasteiger partial charge in [0, 0.05) is 18.5 Å². The molecule has 2 rings (SSSR count). The van der Waals surface area contributed by atoms with Gasteiger partial charge in [-0.2, -0.15) is 24.4 Å². The summed E-state index contributed by atoms with van der Waals surface area (Å²) < 4.78 is 5.37. The molecule has 1 aliphatic carbocycles. The van der Waals surface area contributed by atoms with Crippen molar-refractivity contribution in [3.63, 3.8) is 0 Å². The Morgan fingerprint density at radius 2 is 2.00 bits per heavy atom. The van der Waals surface area contributed by atoms with E-state index in [0.717, 1.165) is 24.2 Å². The molecular formula is C11H20OS2. The lowest BCUT2D eigenvalue weighted by molar-refractivity contribution is 0.0997. The van der Waals surface area contributed by atoms with Crippen molar-refractivity contribution in [3.8, 4) is 0 Å². The molecule has 1 aliphatic heterocycles. The molecule has 1 nitrogen and oxygen atoms in total. The lowest BCUT2D eigenvalue weighted by Gasteiger charge is -2.41. The molecule has 0 aromatic rings. The minimum Gasteiger partial charge on any atom is -0.381 e. The van der Waals surface area contributed by atoms with E-state index in [1.165, 1.54) is 37.9 Å². The highest BCUT2D eigenvalue weighted by Gasteiger charge is 2.36. The van der Waals surface area contributed by atoms with Crippen LogP contribution in [-0.2, 0) is 4.74 Å². The Kier molecular flexibility index (Phi) is 4.09. The molecular weight excluding hydrogens is 212 g/mol. The normalized spacial score (nSPS) is 27.2. The van der Waals surface area contributed by atoms with E-state index in [1.54, 1.807) is 0 Å². The molecule has 0 unspecified atom stereocenters. The molecule has 0 spiro atoms. The molecule has 0 atom stereocenters. The number of thioether (sulfide) groups is 1. The molecule has 82 valence electrons. The van der Waals surface area contributed by atoms with E-state index in [1.807, 2.05) is 0 Å². The second kappa shape index (κ2) is 5.13. The summed E-state index contributed by atoms with van der Waals surface area (Å²) in [6.45, 7) is 1.96. The van der Waals surface area contributed by atoms with Crippen molar-refractivity contribution in [1.82, 2.24) is 0 Å². The van der Waals surface area contributed by atoms with E-state index in [-0.39, 0.29) is 0 Å². The Balaban J connectivity index is 1.69. The summed E-state index contributed by atoms with van der Waals surface area (Å²) in [4.78, 5) is 0. The van der Waals surface area contributed by atoms with E-state index in [4.69, 9.17) is 4.74 Å². The highest BCUT2D eigenvalue weighted by Crippen LogP contribution is 2.45. The van der Waals surface area contributed by atoms with Crippen molar-refractivity contribution < 1.29 is 4.74 Å². The molecule has 3 heteroatoms. The van der Waals surface area contributed by atoms with Crippen LogP contribution in [0.2, 0.25) is 0 Å². The summed E-state index contributed by atoms with van der Waals surface area (Å²) in [5.41, 5.74) is 0.603. The van der Waals surface area contributed by atoms with Crippen molar-refractivity contribution >= 4 is 24.4 Å². The quantitative estimate of drug-likeness (QED) is 0.746. The largest absolute Gasteiger partial charge is 0.381 e. The summed E-state index contributed by atoms with van der Waals surface area (Å²) in [6, 6.07) is 0. The zero-order chi connectivity index (χ0) is 9.86. The number of rotatable bonds is 4. The molecule has 2 aliphatic rings. The number of thiol groups is 1. The summed E-state index contributed by atoms with van der Waals surface area (Å²) in [7, 11) is 0. The van der Waals surface area contributed by atoms with Crippen LogP contribution in [0.4, 0.5) is 0 Å². The van der Waals surface area contributed by atoms with E-state index >= 15 is 0 Å². The first-order valence-electron chi connectivity index (χ1n) is 5.65. The van der Waals surface area contributed by atoms with Gasteiger partial charge in [-0.1, -0.05) is 6.42 Å². The van der Waals surface area contributed by atoms with Gasteiger partial charge in [0.1, 0.15) is 0 Å². The minimum atomic E-state index is 0.603. The van der Waals surface area contributed by atoms with Gasteiger partial charge in [-0.15, -0.1) is 0 Å². The smallest absolute Gasteiger partial charge is 0.0476 e. The molecule has 14 heavy (non-hydrogen) atoms. The Morgan fingerprint density at radius 1 is 1.29 bits per heavy atom. The molecule has 1 heterocycles. The zero-order valence-electron chi connectivity index (χ0n) is 8.71. The van der Waals surface area contributed by atoms with Crippen LogP contribution < -0.4 is 0 Å². The third-order valence-electron chi connectivity index (χ3n) is 3.54. The van der Waals surface area contributed by atoms with Crippen LogP contribution in [0.25, 0.3) is 0 Å². The van der Waals surface area contributed by atoms with E-state index in [0.29, 0.717) is 5.41 Å². The predicted octanol–water partition coefficient (Wildman–Crippen LogP) is 3.00. The van der Waals surface area contributed by atoms with Crippen molar-refractivity contribution in [2.45, 2.75) is 37.4 Å². The Bertz CT molecular complexity index is 169. The lowest BCUT2D eigenvalue weighted by atomic mass is 9.72. The fourth-order valence-electron chi connectivity index (χ4n) is 2.16. The van der Waals surface area contributed by atoms with Crippen LogP contribution >= 0.6 is 24.4 Å². The van der Waals surface area contributed by atoms with Gasteiger partial charge in [0.15, 0.2) is 0 Å². The predicted molar refractivity (Wildman–Crippen MR) is 66.4 cm³/mol. The van der Waals surface area contributed by atoms with Crippen LogP contribution in [0.1, 0.15) is 32.1 Å². The zero-order valence-corrected chi connectivity index (χ0v) is 10.4. The fourth-order valence-corrected chi connectivity index (χ4v) is 4.25. The maximum Gasteiger partial charge on any atom is 0.0476 e. The number of hydrogen-bond donors (Lipinski definition) is 1. The van der Waals surface area contributed by atoms with Gasteiger partial charge < -0.3 is 4.74 Å². The molecule has 0 bridgehead atoms. The molecule has 1 saturated heterocycles.